The molecule has 2 amide bonds. The van der Waals surface area contributed by atoms with Crippen molar-refractivity contribution in [2.24, 2.45) is 12.5 Å². The molecule has 0 bridgehead atoms. The molecule has 10 heteroatoms. The quantitative estimate of drug-likeness (QED) is 0.447. The topological polar surface area (TPSA) is 105 Å². The first-order valence-corrected chi connectivity index (χ1v) is 12.3. The second-order valence-corrected chi connectivity index (χ2v) is 10.5. The number of alkyl halides is 2. The van der Waals surface area contributed by atoms with Crippen LogP contribution in [0.4, 0.5) is 8.78 Å². The van der Waals surface area contributed by atoms with E-state index in [1.165, 1.54) is 4.68 Å². The van der Waals surface area contributed by atoms with Gasteiger partial charge in [0, 0.05) is 39.1 Å². The van der Waals surface area contributed by atoms with Crippen LogP contribution >= 0.6 is 0 Å². The number of imidazole rings is 1. The summed E-state index contributed by atoms with van der Waals surface area (Å²) >= 11 is 0. The third-order valence-electron chi connectivity index (χ3n) is 5.83. The molecule has 1 aliphatic carbocycles. The van der Waals surface area contributed by atoms with Crippen LogP contribution in [-0.2, 0) is 24.9 Å². The molecule has 1 aliphatic rings. The molecular weight excluding hydrogens is 466 g/mol. The van der Waals surface area contributed by atoms with Crippen LogP contribution in [0.15, 0.2) is 30.5 Å². The minimum Gasteiger partial charge on any atom is -0.352 e. The van der Waals surface area contributed by atoms with Gasteiger partial charge in [-0.1, -0.05) is 33.3 Å². The zero-order chi connectivity index (χ0) is 26.3. The zero-order valence-corrected chi connectivity index (χ0v) is 21.5. The highest BCUT2D eigenvalue weighted by molar-refractivity contribution is 5.92. The van der Waals surface area contributed by atoms with Crippen LogP contribution in [0.2, 0.25) is 0 Å². The molecule has 0 saturated heterocycles. The number of halogens is 2. The van der Waals surface area contributed by atoms with Crippen LogP contribution in [0, 0.1) is 5.41 Å². The average Bonchev–Trinajstić information content (AvgIpc) is 3.40. The summed E-state index contributed by atoms with van der Waals surface area (Å²) < 4.78 is 25.9. The van der Waals surface area contributed by atoms with E-state index in [1.807, 2.05) is 39.0 Å². The number of nitrogens with zero attached hydrogens (tertiary/aromatic N) is 3. The Balaban J connectivity index is 0.000000383. The fourth-order valence-electron chi connectivity index (χ4n) is 3.97. The van der Waals surface area contributed by atoms with Crippen molar-refractivity contribution in [3.8, 4) is 0 Å². The smallest absolute Gasteiger partial charge is 0.269 e. The molecule has 0 radical (unpaired) electrons. The minimum atomic E-state index is -2.32. The molecule has 0 unspecified atom stereocenters. The van der Waals surface area contributed by atoms with Gasteiger partial charge in [-0.25, -0.2) is 13.8 Å². The number of hydrogen-bond donors (Lipinski definition) is 3. The number of fused-ring (bicyclic) bond motifs is 1. The van der Waals surface area contributed by atoms with E-state index in [2.05, 4.69) is 25.7 Å². The number of hydrogen-bond acceptors (Lipinski definition) is 4. The third kappa shape index (κ3) is 8.42. The fourth-order valence-corrected chi connectivity index (χ4v) is 3.97. The first-order chi connectivity index (χ1) is 16.9. The molecule has 4 rings (SSSR count). The standard InChI is InChI=1S/C20H26N6O2.C6H10F2/c1-20(2,3)10-18(27)21-11-13-5-6-14-15(9-13)25-17(24-14)12-22-19(28)16-7-8-23-26(16)4;7-6(8)4-2-1-3-5-6/h5-9H,10-12H2,1-4H3,(H,21,27)(H,22,28)(H,24,25);1-5H2. The molecule has 1 fully saturated rings. The van der Waals surface area contributed by atoms with Crippen LogP contribution < -0.4 is 10.6 Å². The van der Waals surface area contributed by atoms with Gasteiger partial charge in [-0.3, -0.25) is 14.3 Å². The number of nitrogens with one attached hydrogen (secondary N) is 3. The van der Waals surface area contributed by atoms with Crippen molar-refractivity contribution in [1.29, 1.82) is 0 Å². The summed E-state index contributed by atoms with van der Waals surface area (Å²) in [6, 6.07) is 7.47. The van der Waals surface area contributed by atoms with E-state index in [-0.39, 0.29) is 36.6 Å². The van der Waals surface area contributed by atoms with E-state index in [9.17, 15) is 18.4 Å². The molecule has 36 heavy (non-hydrogen) atoms. The number of aryl methyl sites for hydroxylation is 1. The monoisotopic (exact) mass is 502 g/mol. The van der Waals surface area contributed by atoms with Crippen LogP contribution in [0.25, 0.3) is 11.0 Å². The molecule has 0 spiro atoms. The van der Waals surface area contributed by atoms with Gasteiger partial charge in [-0.05, 0) is 42.0 Å². The summed E-state index contributed by atoms with van der Waals surface area (Å²) in [7, 11) is 1.72. The van der Waals surface area contributed by atoms with Crippen molar-refractivity contribution in [3.05, 3.63) is 47.5 Å². The Bertz CT molecular complexity index is 1170. The number of aromatic amines is 1. The maximum absolute atomic E-state index is 12.2. The van der Waals surface area contributed by atoms with Crippen molar-refractivity contribution >= 4 is 22.8 Å². The minimum absolute atomic E-state index is 0.0355. The lowest BCUT2D eigenvalue weighted by molar-refractivity contribution is -0.122. The van der Waals surface area contributed by atoms with E-state index in [1.54, 1.807) is 19.3 Å². The maximum atomic E-state index is 12.2. The lowest BCUT2D eigenvalue weighted by Crippen LogP contribution is -2.27. The number of benzene rings is 1. The van der Waals surface area contributed by atoms with Gasteiger partial charge in [-0.2, -0.15) is 5.10 Å². The Morgan fingerprint density at radius 1 is 1.08 bits per heavy atom. The van der Waals surface area contributed by atoms with Gasteiger partial charge >= 0.3 is 0 Å². The molecule has 2 aromatic heterocycles. The van der Waals surface area contributed by atoms with Gasteiger partial charge in [0.15, 0.2) is 0 Å². The molecule has 8 nitrogen and oxygen atoms in total. The largest absolute Gasteiger partial charge is 0.352 e. The van der Waals surface area contributed by atoms with Gasteiger partial charge in [0.1, 0.15) is 11.5 Å². The van der Waals surface area contributed by atoms with Crippen molar-refractivity contribution in [2.45, 2.75) is 78.3 Å². The molecular formula is C26H36F2N6O2. The Kier molecular flexibility index (Phi) is 8.81. The number of aromatic nitrogens is 4. The molecule has 0 aliphatic heterocycles. The van der Waals surface area contributed by atoms with E-state index < -0.39 is 5.92 Å². The second kappa shape index (κ2) is 11.6. The number of rotatable bonds is 6. The average molecular weight is 503 g/mol. The van der Waals surface area contributed by atoms with Crippen LogP contribution in [-0.4, -0.2) is 37.5 Å². The van der Waals surface area contributed by atoms with Gasteiger partial charge < -0.3 is 15.6 Å². The molecule has 196 valence electrons. The van der Waals surface area contributed by atoms with Crippen molar-refractivity contribution in [2.75, 3.05) is 0 Å². The Morgan fingerprint density at radius 3 is 2.39 bits per heavy atom. The molecule has 3 N–H and O–H groups in total. The highest BCUT2D eigenvalue weighted by Crippen LogP contribution is 2.32. The summed E-state index contributed by atoms with van der Waals surface area (Å²) in [6.45, 7) is 6.88. The van der Waals surface area contributed by atoms with Gasteiger partial charge in [0.2, 0.25) is 11.8 Å². The SMILES string of the molecule is Cn1nccc1C(=O)NCc1nc2ccc(CNC(=O)CC(C)(C)C)cc2[nH]1.FC1(F)CCCCC1. The van der Waals surface area contributed by atoms with E-state index >= 15 is 0 Å². The molecule has 3 aromatic rings. The van der Waals surface area contributed by atoms with Crippen molar-refractivity contribution in [1.82, 2.24) is 30.4 Å². The number of carbonyl (C=O) groups is 2. The van der Waals surface area contributed by atoms with Gasteiger partial charge in [-0.15, -0.1) is 0 Å². The Labute approximate surface area is 210 Å². The van der Waals surface area contributed by atoms with Gasteiger partial charge in [0.25, 0.3) is 5.91 Å². The molecule has 1 aromatic carbocycles. The summed E-state index contributed by atoms with van der Waals surface area (Å²) in [6.07, 6.45) is 4.73. The summed E-state index contributed by atoms with van der Waals surface area (Å²) in [5.74, 6) is -1.82. The summed E-state index contributed by atoms with van der Waals surface area (Å²) in [4.78, 5) is 31.9. The van der Waals surface area contributed by atoms with E-state index in [0.29, 0.717) is 37.3 Å². The number of H-pyrrole nitrogens is 1. The van der Waals surface area contributed by atoms with Crippen LogP contribution in [0.5, 0.6) is 0 Å². The summed E-state index contributed by atoms with van der Waals surface area (Å²) in [5, 5.41) is 9.77. The predicted octanol–water partition coefficient (Wildman–Crippen LogP) is 4.86. The maximum Gasteiger partial charge on any atom is 0.269 e. The molecule has 2 heterocycles. The number of carbonyl (C=O) groups excluding carboxylic acids is 2. The van der Waals surface area contributed by atoms with Crippen molar-refractivity contribution in [3.63, 3.8) is 0 Å². The van der Waals surface area contributed by atoms with Crippen LogP contribution in [0.1, 0.15) is 81.2 Å². The highest BCUT2D eigenvalue weighted by atomic mass is 19.3. The third-order valence-corrected chi connectivity index (χ3v) is 5.83. The van der Waals surface area contributed by atoms with E-state index in [4.69, 9.17) is 0 Å². The zero-order valence-electron chi connectivity index (χ0n) is 21.5. The predicted molar refractivity (Wildman–Crippen MR) is 134 cm³/mol. The van der Waals surface area contributed by atoms with E-state index in [0.717, 1.165) is 23.0 Å². The molecule has 0 atom stereocenters. The summed E-state index contributed by atoms with van der Waals surface area (Å²) in [5.41, 5.74) is 3.13. The lowest BCUT2D eigenvalue weighted by atomic mass is 9.92. The number of amides is 2. The highest BCUT2D eigenvalue weighted by Gasteiger charge is 2.30. The lowest BCUT2D eigenvalue weighted by Gasteiger charge is -2.20. The fraction of sp³-hybridized carbons (Fsp3) is 0.538. The first kappa shape index (κ1) is 27.3. The first-order valence-electron chi connectivity index (χ1n) is 12.3. The normalized spacial score (nSPS) is 15.2. The van der Waals surface area contributed by atoms with Crippen LogP contribution in [0.3, 0.4) is 0 Å². The Hall–Kier alpha value is -3.30. The van der Waals surface area contributed by atoms with Crippen molar-refractivity contribution < 1.29 is 18.4 Å². The second-order valence-electron chi connectivity index (χ2n) is 10.5. The molecule has 1 saturated carbocycles. The van der Waals surface area contributed by atoms with Gasteiger partial charge in [0.05, 0.1) is 17.6 Å². The Morgan fingerprint density at radius 2 is 1.81 bits per heavy atom.